The van der Waals surface area contributed by atoms with Crippen molar-refractivity contribution in [2.24, 2.45) is 5.92 Å². The highest BCUT2D eigenvalue weighted by molar-refractivity contribution is 7.80. The standard InChI is InChI=1S/C11H24N2S/c1-5-7-12-11(14)13-10(4)8-9(3)6-2/h9-10H,5-8H2,1-4H3,(H2,12,13,14). The van der Waals surface area contributed by atoms with Crippen LogP contribution in [0.15, 0.2) is 0 Å². The van der Waals surface area contributed by atoms with Gasteiger partial charge >= 0.3 is 0 Å². The first-order chi connectivity index (χ1) is 6.60. The van der Waals surface area contributed by atoms with Gasteiger partial charge in [-0.25, -0.2) is 0 Å². The van der Waals surface area contributed by atoms with E-state index in [4.69, 9.17) is 12.2 Å². The van der Waals surface area contributed by atoms with Crippen LogP contribution >= 0.6 is 12.2 Å². The first kappa shape index (κ1) is 13.7. The Labute approximate surface area is 93.8 Å². The molecule has 0 saturated carbocycles. The summed E-state index contributed by atoms with van der Waals surface area (Å²) in [6.45, 7) is 9.79. The summed E-state index contributed by atoms with van der Waals surface area (Å²) in [6.07, 6.45) is 3.53. The molecule has 0 aliphatic heterocycles. The van der Waals surface area contributed by atoms with E-state index in [1.807, 2.05) is 0 Å². The van der Waals surface area contributed by atoms with Gasteiger partial charge in [0, 0.05) is 12.6 Å². The normalized spacial score (nSPS) is 14.6. The fraction of sp³-hybridized carbons (Fsp3) is 0.909. The highest BCUT2D eigenvalue weighted by atomic mass is 32.1. The van der Waals surface area contributed by atoms with Crippen molar-refractivity contribution in [1.82, 2.24) is 10.6 Å². The van der Waals surface area contributed by atoms with E-state index in [9.17, 15) is 0 Å². The number of nitrogens with one attached hydrogen (secondary N) is 2. The number of rotatable bonds is 6. The second kappa shape index (κ2) is 8.04. The van der Waals surface area contributed by atoms with Crippen LogP contribution < -0.4 is 10.6 Å². The molecule has 2 N–H and O–H groups in total. The largest absolute Gasteiger partial charge is 0.363 e. The summed E-state index contributed by atoms with van der Waals surface area (Å²) in [6, 6.07) is 0.474. The zero-order valence-corrected chi connectivity index (χ0v) is 10.7. The predicted octanol–water partition coefficient (Wildman–Crippen LogP) is 2.69. The molecule has 0 radical (unpaired) electrons. The Morgan fingerprint density at radius 2 is 1.93 bits per heavy atom. The molecule has 14 heavy (non-hydrogen) atoms. The lowest BCUT2D eigenvalue weighted by Crippen LogP contribution is -2.41. The monoisotopic (exact) mass is 216 g/mol. The van der Waals surface area contributed by atoms with Crippen molar-refractivity contribution in [3.05, 3.63) is 0 Å². The van der Waals surface area contributed by atoms with E-state index >= 15 is 0 Å². The molecular formula is C11H24N2S. The summed E-state index contributed by atoms with van der Waals surface area (Å²) in [7, 11) is 0. The van der Waals surface area contributed by atoms with Gasteiger partial charge in [0.05, 0.1) is 0 Å². The number of hydrogen-bond donors (Lipinski definition) is 2. The Bertz CT molecular complexity index is 159. The van der Waals surface area contributed by atoms with E-state index in [0.29, 0.717) is 6.04 Å². The van der Waals surface area contributed by atoms with E-state index in [0.717, 1.165) is 24.0 Å². The van der Waals surface area contributed by atoms with Crippen molar-refractivity contribution < 1.29 is 0 Å². The molecule has 84 valence electrons. The predicted molar refractivity (Wildman–Crippen MR) is 67.6 cm³/mol. The Hall–Kier alpha value is -0.310. The molecule has 0 aliphatic carbocycles. The fourth-order valence-electron chi connectivity index (χ4n) is 1.34. The molecule has 0 amide bonds. The maximum Gasteiger partial charge on any atom is 0.166 e. The van der Waals surface area contributed by atoms with Crippen LogP contribution in [0.1, 0.15) is 47.0 Å². The third-order valence-corrected chi connectivity index (χ3v) is 2.63. The van der Waals surface area contributed by atoms with Gasteiger partial charge in [-0.3, -0.25) is 0 Å². The summed E-state index contributed by atoms with van der Waals surface area (Å²) < 4.78 is 0. The first-order valence-electron chi connectivity index (χ1n) is 5.64. The molecule has 0 heterocycles. The lowest BCUT2D eigenvalue weighted by atomic mass is 10.0. The maximum absolute atomic E-state index is 5.16. The van der Waals surface area contributed by atoms with Gasteiger partial charge in [-0.15, -0.1) is 0 Å². The van der Waals surface area contributed by atoms with Gasteiger partial charge < -0.3 is 10.6 Å². The minimum Gasteiger partial charge on any atom is -0.363 e. The SMILES string of the molecule is CCCNC(=S)NC(C)CC(C)CC. The van der Waals surface area contributed by atoms with Crippen LogP contribution in [0.4, 0.5) is 0 Å². The molecule has 0 spiro atoms. The molecule has 0 fully saturated rings. The van der Waals surface area contributed by atoms with Gasteiger partial charge in [-0.2, -0.15) is 0 Å². The quantitative estimate of drug-likeness (QED) is 0.668. The number of hydrogen-bond acceptors (Lipinski definition) is 1. The third kappa shape index (κ3) is 7.13. The van der Waals surface area contributed by atoms with Crippen molar-refractivity contribution in [3.63, 3.8) is 0 Å². The summed E-state index contributed by atoms with van der Waals surface area (Å²) in [5, 5.41) is 7.27. The maximum atomic E-state index is 5.16. The first-order valence-corrected chi connectivity index (χ1v) is 6.05. The van der Waals surface area contributed by atoms with Gasteiger partial charge in [0.25, 0.3) is 0 Å². The van der Waals surface area contributed by atoms with Crippen LogP contribution in [0.2, 0.25) is 0 Å². The average Bonchev–Trinajstić information content (AvgIpc) is 2.14. The molecule has 2 unspecified atom stereocenters. The lowest BCUT2D eigenvalue weighted by molar-refractivity contribution is 0.447. The second-order valence-corrected chi connectivity index (χ2v) is 4.46. The molecule has 0 aromatic rings. The van der Waals surface area contributed by atoms with Crippen LogP contribution in [-0.2, 0) is 0 Å². The average molecular weight is 216 g/mol. The molecule has 0 aliphatic rings. The zero-order chi connectivity index (χ0) is 11.0. The zero-order valence-electron chi connectivity index (χ0n) is 9.89. The van der Waals surface area contributed by atoms with E-state index in [1.54, 1.807) is 0 Å². The van der Waals surface area contributed by atoms with Crippen molar-refractivity contribution in [3.8, 4) is 0 Å². The summed E-state index contributed by atoms with van der Waals surface area (Å²) in [4.78, 5) is 0. The molecule has 2 nitrogen and oxygen atoms in total. The van der Waals surface area contributed by atoms with Crippen LogP contribution in [-0.4, -0.2) is 17.7 Å². The molecule has 0 aromatic heterocycles. The van der Waals surface area contributed by atoms with Crippen molar-refractivity contribution in [1.29, 1.82) is 0 Å². The topological polar surface area (TPSA) is 24.1 Å². The number of thiocarbonyl (C=S) groups is 1. The minimum atomic E-state index is 0.474. The molecule has 0 aromatic carbocycles. The van der Waals surface area contributed by atoms with E-state index < -0.39 is 0 Å². The van der Waals surface area contributed by atoms with E-state index in [1.165, 1.54) is 12.8 Å². The van der Waals surface area contributed by atoms with Crippen LogP contribution in [0.25, 0.3) is 0 Å². The van der Waals surface area contributed by atoms with Crippen LogP contribution in [0.3, 0.4) is 0 Å². The highest BCUT2D eigenvalue weighted by Crippen LogP contribution is 2.08. The van der Waals surface area contributed by atoms with Crippen molar-refractivity contribution in [2.45, 2.75) is 53.0 Å². The van der Waals surface area contributed by atoms with E-state index in [-0.39, 0.29) is 0 Å². The van der Waals surface area contributed by atoms with Crippen LogP contribution in [0, 0.1) is 5.92 Å². The molecular weight excluding hydrogens is 192 g/mol. The highest BCUT2D eigenvalue weighted by Gasteiger charge is 2.07. The Kier molecular flexibility index (Phi) is 7.86. The molecule has 2 atom stereocenters. The molecule has 0 rings (SSSR count). The third-order valence-electron chi connectivity index (χ3n) is 2.37. The molecule has 0 saturated heterocycles. The van der Waals surface area contributed by atoms with Crippen LogP contribution in [0.5, 0.6) is 0 Å². The summed E-state index contributed by atoms with van der Waals surface area (Å²) in [5.41, 5.74) is 0. The fourth-order valence-corrected chi connectivity index (χ4v) is 1.65. The molecule has 3 heteroatoms. The smallest absolute Gasteiger partial charge is 0.166 e. The Balaban J connectivity index is 3.60. The Morgan fingerprint density at radius 1 is 1.29 bits per heavy atom. The van der Waals surface area contributed by atoms with E-state index in [2.05, 4.69) is 38.3 Å². The van der Waals surface area contributed by atoms with Gasteiger partial charge in [-0.1, -0.05) is 27.2 Å². The van der Waals surface area contributed by atoms with Gasteiger partial charge in [0.15, 0.2) is 5.11 Å². The van der Waals surface area contributed by atoms with Gasteiger partial charge in [-0.05, 0) is 37.9 Å². The lowest BCUT2D eigenvalue weighted by Gasteiger charge is -2.19. The van der Waals surface area contributed by atoms with Crippen molar-refractivity contribution in [2.75, 3.05) is 6.54 Å². The summed E-state index contributed by atoms with van der Waals surface area (Å²) >= 11 is 5.16. The minimum absolute atomic E-state index is 0.474. The van der Waals surface area contributed by atoms with Gasteiger partial charge in [0.2, 0.25) is 0 Å². The Morgan fingerprint density at radius 3 is 2.43 bits per heavy atom. The van der Waals surface area contributed by atoms with Gasteiger partial charge in [0.1, 0.15) is 0 Å². The summed E-state index contributed by atoms with van der Waals surface area (Å²) in [5.74, 6) is 0.770. The van der Waals surface area contributed by atoms with Crippen molar-refractivity contribution >= 4 is 17.3 Å². The second-order valence-electron chi connectivity index (χ2n) is 4.05. The molecule has 0 bridgehead atoms.